The van der Waals surface area contributed by atoms with Gasteiger partial charge in [0.25, 0.3) is 0 Å². The fraction of sp³-hybridized carbons (Fsp3) is 0.364. The first-order valence-corrected chi connectivity index (χ1v) is 12.0. The van der Waals surface area contributed by atoms with Crippen LogP contribution in [-0.4, -0.2) is 46.2 Å². The molecule has 2 aromatic carbocycles. The van der Waals surface area contributed by atoms with Crippen LogP contribution < -0.4 is 19.3 Å². The van der Waals surface area contributed by atoms with E-state index >= 15 is 0 Å². The number of benzene rings is 2. The van der Waals surface area contributed by atoms with Gasteiger partial charge in [-0.1, -0.05) is 18.2 Å². The highest BCUT2D eigenvalue weighted by molar-refractivity contribution is 7.92. The Morgan fingerprint density at radius 2 is 1.97 bits per heavy atom. The van der Waals surface area contributed by atoms with Gasteiger partial charge in [0.15, 0.2) is 0 Å². The van der Waals surface area contributed by atoms with E-state index in [1.54, 1.807) is 29.2 Å². The molecule has 1 heterocycles. The number of ether oxygens (including phenoxy) is 1. The third kappa shape index (κ3) is 5.97. The van der Waals surface area contributed by atoms with E-state index in [1.165, 1.54) is 0 Å². The monoisotopic (exact) mass is 445 g/mol. The Labute approximate surface area is 182 Å². The summed E-state index contributed by atoms with van der Waals surface area (Å²) in [4.78, 5) is 26.2. The molecule has 1 fully saturated rings. The minimum Gasteiger partial charge on any atom is -0.494 e. The summed E-state index contributed by atoms with van der Waals surface area (Å²) in [6.07, 6.45) is 2.45. The first kappa shape index (κ1) is 22.6. The van der Waals surface area contributed by atoms with Crippen molar-refractivity contribution < 1.29 is 22.7 Å². The van der Waals surface area contributed by atoms with E-state index in [9.17, 15) is 18.0 Å². The summed E-state index contributed by atoms with van der Waals surface area (Å²) in [7, 11) is -3.68. The fourth-order valence-corrected chi connectivity index (χ4v) is 4.29. The average molecular weight is 446 g/mol. The topological polar surface area (TPSA) is 96.0 Å². The number of carbonyl (C=O) groups is 2. The van der Waals surface area contributed by atoms with Crippen molar-refractivity contribution in [2.24, 2.45) is 0 Å². The highest BCUT2D eigenvalue weighted by Gasteiger charge is 2.23. The van der Waals surface area contributed by atoms with Crippen LogP contribution >= 0.6 is 0 Å². The van der Waals surface area contributed by atoms with Gasteiger partial charge in [-0.25, -0.2) is 8.42 Å². The van der Waals surface area contributed by atoms with Crippen LogP contribution in [0, 0.1) is 0 Å². The number of carbonyl (C=O) groups excluding carboxylic acids is 2. The second-order valence-electron chi connectivity index (χ2n) is 7.30. The quantitative estimate of drug-likeness (QED) is 0.639. The van der Waals surface area contributed by atoms with Gasteiger partial charge in [-0.15, -0.1) is 0 Å². The van der Waals surface area contributed by atoms with Gasteiger partial charge >= 0.3 is 0 Å². The van der Waals surface area contributed by atoms with Crippen molar-refractivity contribution in [2.75, 3.05) is 35.2 Å². The second kappa shape index (κ2) is 9.82. The molecular formula is C22H27N3O5S. The highest BCUT2D eigenvalue weighted by Crippen LogP contribution is 2.24. The molecule has 9 heteroatoms. The average Bonchev–Trinajstić information content (AvgIpc) is 3.16. The van der Waals surface area contributed by atoms with Crippen molar-refractivity contribution >= 4 is 33.2 Å². The van der Waals surface area contributed by atoms with Crippen LogP contribution in [0.25, 0.3) is 0 Å². The van der Waals surface area contributed by atoms with Gasteiger partial charge in [0.2, 0.25) is 21.8 Å². The molecular weight excluding hydrogens is 418 g/mol. The predicted octanol–water partition coefficient (Wildman–Crippen LogP) is 2.29. The van der Waals surface area contributed by atoms with Crippen LogP contribution in [0.4, 0.5) is 11.4 Å². The number of sulfonamides is 1. The van der Waals surface area contributed by atoms with E-state index in [2.05, 4.69) is 5.32 Å². The molecule has 31 heavy (non-hydrogen) atoms. The molecule has 0 aromatic heterocycles. The summed E-state index contributed by atoms with van der Waals surface area (Å²) in [6.45, 7) is 2.86. The molecule has 0 bridgehead atoms. The molecule has 1 aliphatic rings. The summed E-state index contributed by atoms with van der Waals surface area (Å²) < 4.78 is 31.1. The molecule has 1 saturated heterocycles. The van der Waals surface area contributed by atoms with Gasteiger partial charge < -0.3 is 15.0 Å². The van der Waals surface area contributed by atoms with Gasteiger partial charge in [0.1, 0.15) is 12.3 Å². The standard InChI is InChI=1S/C22H27N3O5S/c1-3-30-20-10-5-9-19(14-20)25(31(2,28)29)16-21(26)23-15-17-7-4-8-18(13-17)24-12-6-11-22(24)27/h4-5,7-10,13-14H,3,6,11-12,15-16H2,1-2H3,(H,23,26). The summed E-state index contributed by atoms with van der Waals surface area (Å²) in [6, 6.07) is 14.0. The van der Waals surface area contributed by atoms with Crippen LogP contribution in [-0.2, 0) is 26.2 Å². The molecule has 0 radical (unpaired) electrons. The molecule has 2 aromatic rings. The molecule has 0 saturated carbocycles. The van der Waals surface area contributed by atoms with E-state index in [-0.39, 0.29) is 19.0 Å². The maximum absolute atomic E-state index is 12.5. The molecule has 8 nitrogen and oxygen atoms in total. The number of hydrogen-bond donors (Lipinski definition) is 1. The van der Waals surface area contributed by atoms with Crippen LogP contribution in [0.2, 0.25) is 0 Å². The Hall–Kier alpha value is -3.07. The van der Waals surface area contributed by atoms with Crippen LogP contribution in [0.3, 0.4) is 0 Å². The molecule has 3 rings (SSSR count). The summed E-state index contributed by atoms with van der Waals surface area (Å²) in [5, 5.41) is 2.76. The van der Waals surface area contributed by atoms with E-state index in [4.69, 9.17) is 4.74 Å². The van der Waals surface area contributed by atoms with Crippen molar-refractivity contribution in [3.05, 3.63) is 54.1 Å². The van der Waals surface area contributed by atoms with E-state index in [0.717, 1.165) is 28.2 Å². The lowest BCUT2D eigenvalue weighted by Gasteiger charge is -2.22. The Kier molecular flexibility index (Phi) is 7.17. The lowest BCUT2D eigenvalue weighted by atomic mass is 10.2. The first-order chi connectivity index (χ1) is 14.8. The number of nitrogens with zero attached hydrogens (tertiary/aromatic N) is 2. The van der Waals surface area contributed by atoms with E-state index in [0.29, 0.717) is 31.0 Å². The molecule has 1 N–H and O–H groups in total. The summed E-state index contributed by atoms with van der Waals surface area (Å²) in [5.41, 5.74) is 1.99. The summed E-state index contributed by atoms with van der Waals surface area (Å²) in [5.74, 6) is 0.191. The Morgan fingerprint density at radius 3 is 2.65 bits per heavy atom. The largest absolute Gasteiger partial charge is 0.494 e. The minimum atomic E-state index is -3.68. The molecule has 1 aliphatic heterocycles. The molecule has 0 atom stereocenters. The normalized spacial score (nSPS) is 13.9. The van der Waals surface area contributed by atoms with Crippen molar-refractivity contribution in [1.29, 1.82) is 0 Å². The van der Waals surface area contributed by atoms with Crippen LogP contribution in [0.1, 0.15) is 25.3 Å². The maximum atomic E-state index is 12.5. The van der Waals surface area contributed by atoms with Crippen molar-refractivity contribution in [3.63, 3.8) is 0 Å². The number of hydrogen-bond acceptors (Lipinski definition) is 5. The van der Waals surface area contributed by atoms with Gasteiger partial charge in [-0.3, -0.25) is 13.9 Å². The zero-order chi connectivity index (χ0) is 22.4. The number of nitrogens with one attached hydrogen (secondary N) is 1. The second-order valence-corrected chi connectivity index (χ2v) is 9.20. The zero-order valence-electron chi connectivity index (χ0n) is 17.7. The van der Waals surface area contributed by atoms with Crippen LogP contribution in [0.5, 0.6) is 5.75 Å². The van der Waals surface area contributed by atoms with Crippen molar-refractivity contribution in [2.45, 2.75) is 26.3 Å². The SMILES string of the molecule is CCOc1cccc(N(CC(=O)NCc2cccc(N3CCCC3=O)c2)S(C)(=O)=O)c1. The third-order valence-electron chi connectivity index (χ3n) is 4.89. The van der Waals surface area contributed by atoms with Crippen molar-refractivity contribution in [3.8, 4) is 5.75 Å². The fourth-order valence-electron chi connectivity index (χ4n) is 3.44. The van der Waals surface area contributed by atoms with Gasteiger partial charge in [-0.2, -0.15) is 0 Å². The third-order valence-corrected chi connectivity index (χ3v) is 6.03. The van der Waals surface area contributed by atoms with Crippen molar-refractivity contribution in [1.82, 2.24) is 5.32 Å². The highest BCUT2D eigenvalue weighted by atomic mass is 32.2. The first-order valence-electron chi connectivity index (χ1n) is 10.1. The number of rotatable bonds is 9. The van der Waals surface area contributed by atoms with E-state index in [1.807, 2.05) is 31.2 Å². The maximum Gasteiger partial charge on any atom is 0.241 e. The number of amides is 2. The van der Waals surface area contributed by atoms with Gasteiger partial charge in [0.05, 0.1) is 18.6 Å². The Bertz CT molecular complexity index is 1050. The summed E-state index contributed by atoms with van der Waals surface area (Å²) >= 11 is 0. The lowest BCUT2D eigenvalue weighted by Crippen LogP contribution is -2.40. The molecule has 0 aliphatic carbocycles. The zero-order valence-corrected chi connectivity index (χ0v) is 18.5. The van der Waals surface area contributed by atoms with Crippen LogP contribution in [0.15, 0.2) is 48.5 Å². The molecule has 0 spiro atoms. The molecule has 166 valence electrons. The van der Waals surface area contributed by atoms with E-state index < -0.39 is 15.9 Å². The molecule has 0 unspecified atom stereocenters. The predicted molar refractivity (Wildman–Crippen MR) is 120 cm³/mol. The smallest absolute Gasteiger partial charge is 0.241 e. The Balaban J connectivity index is 1.67. The number of anilines is 2. The molecule has 2 amide bonds. The van der Waals surface area contributed by atoms with Gasteiger partial charge in [0, 0.05) is 31.3 Å². The van der Waals surface area contributed by atoms with Gasteiger partial charge in [-0.05, 0) is 43.2 Å². The Morgan fingerprint density at radius 1 is 1.19 bits per heavy atom. The minimum absolute atomic E-state index is 0.0965. The lowest BCUT2D eigenvalue weighted by molar-refractivity contribution is -0.120.